The fourth-order valence-electron chi connectivity index (χ4n) is 3.15. The first-order valence-electron chi connectivity index (χ1n) is 7.97. The van der Waals surface area contributed by atoms with Gasteiger partial charge in [0, 0.05) is 37.2 Å². The van der Waals surface area contributed by atoms with Crippen LogP contribution in [0.3, 0.4) is 0 Å². The Bertz CT molecular complexity index is 484. The van der Waals surface area contributed by atoms with Crippen LogP contribution in [-0.4, -0.2) is 44.4 Å². The molecule has 0 amide bonds. The van der Waals surface area contributed by atoms with Gasteiger partial charge in [0.25, 0.3) is 0 Å². The second kappa shape index (κ2) is 6.34. The molecule has 0 spiro atoms. The van der Waals surface area contributed by atoms with E-state index in [0.717, 1.165) is 38.6 Å². The summed E-state index contributed by atoms with van der Waals surface area (Å²) < 4.78 is 11.4. The van der Waals surface area contributed by atoms with Crippen LogP contribution in [0.15, 0.2) is 18.2 Å². The van der Waals surface area contributed by atoms with Crippen molar-refractivity contribution in [2.24, 2.45) is 11.7 Å². The molecule has 2 heterocycles. The van der Waals surface area contributed by atoms with E-state index in [2.05, 4.69) is 36.9 Å². The van der Waals surface area contributed by atoms with Crippen LogP contribution in [-0.2, 0) is 4.74 Å². The quantitative estimate of drug-likeness (QED) is 0.926. The maximum atomic E-state index is 6.54. The fourth-order valence-corrected chi connectivity index (χ4v) is 3.15. The first-order valence-corrected chi connectivity index (χ1v) is 7.97. The lowest BCUT2D eigenvalue weighted by molar-refractivity contribution is 0.0218. The van der Waals surface area contributed by atoms with Crippen LogP contribution >= 0.6 is 0 Å². The number of hydrogen-bond donors (Lipinski definition) is 1. The van der Waals surface area contributed by atoms with Gasteiger partial charge in [0.05, 0.1) is 19.8 Å². The Hall–Kier alpha value is -1.10. The fraction of sp³-hybridized carbons (Fsp3) is 0.647. The zero-order valence-electron chi connectivity index (χ0n) is 13.0. The average Bonchev–Trinajstić information content (AvgIpc) is 2.51. The topological polar surface area (TPSA) is 47.7 Å². The molecule has 1 aromatic carbocycles. The number of benzene rings is 1. The van der Waals surface area contributed by atoms with E-state index >= 15 is 0 Å². The summed E-state index contributed by atoms with van der Waals surface area (Å²) >= 11 is 0. The van der Waals surface area contributed by atoms with E-state index in [-0.39, 0.29) is 6.04 Å². The summed E-state index contributed by atoms with van der Waals surface area (Å²) in [6.45, 7) is 9.80. The largest absolute Gasteiger partial charge is 0.493 e. The van der Waals surface area contributed by atoms with Crippen molar-refractivity contribution in [2.45, 2.75) is 25.8 Å². The van der Waals surface area contributed by atoms with Crippen molar-refractivity contribution in [3.05, 3.63) is 29.3 Å². The standard InChI is InChI=1S/C17H26N2O2/c1-12(2)13-3-4-16-15(9-13)17(18)14(11-21-16)10-19-5-7-20-8-6-19/h3-4,9,12,14,17H,5-8,10-11,18H2,1-2H3. The Balaban J connectivity index is 1.74. The van der Waals surface area contributed by atoms with Gasteiger partial charge in [0.1, 0.15) is 5.75 Å². The number of hydrogen-bond acceptors (Lipinski definition) is 4. The van der Waals surface area contributed by atoms with Crippen LogP contribution in [0.5, 0.6) is 5.75 Å². The first kappa shape index (κ1) is 14.8. The van der Waals surface area contributed by atoms with Gasteiger partial charge < -0.3 is 15.2 Å². The minimum absolute atomic E-state index is 0.0651. The highest BCUT2D eigenvalue weighted by Crippen LogP contribution is 2.36. The molecule has 0 aliphatic carbocycles. The van der Waals surface area contributed by atoms with Gasteiger partial charge in [-0.25, -0.2) is 0 Å². The predicted octanol–water partition coefficient (Wildman–Crippen LogP) is 2.15. The summed E-state index contributed by atoms with van der Waals surface area (Å²) in [4.78, 5) is 2.44. The van der Waals surface area contributed by atoms with Crippen molar-refractivity contribution in [3.63, 3.8) is 0 Å². The maximum Gasteiger partial charge on any atom is 0.124 e. The Labute approximate surface area is 127 Å². The molecule has 2 atom stereocenters. The Kier molecular flexibility index (Phi) is 4.48. The molecule has 0 saturated carbocycles. The van der Waals surface area contributed by atoms with E-state index in [9.17, 15) is 0 Å². The minimum Gasteiger partial charge on any atom is -0.493 e. The van der Waals surface area contributed by atoms with Crippen molar-refractivity contribution >= 4 is 0 Å². The molecule has 0 radical (unpaired) electrons. The molecule has 2 unspecified atom stereocenters. The molecule has 1 fully saturated rings. The lowest BCUT2D eigenvalue weighted by atomic mass is 9.88. The van der Waals surface area contributed by atoms with Crippen LogP contribution in [0.1, 0.15) is 36.9 Å². The summed E-state index contributed by atoms with van der Waals surface area (Å²) in [5.74, 6) is 1.84. The average molecular weight is 290 g/mol. The highest BCUT2D eigenvalue weighted by molar-refractivity contribution is 5.42. The molecule has 1 saturated heterocycles. The molecular weight excluding hydrogens is 264 g/mol. The van der Waals surface area contributed by atoms with Crippen LogP contribution in [0.25, 0.3) is 0 Å². The van der Waals surface area contributed by atoms with Crippen LogP contribution in [0.2, 0.25) is 0 Å². The molecule has 3 rings (SSSR count). The molecule has 0 aromatic heterocycles. The van der Waals surface area contributed by atoms with Gasteiger partial charge in [-0.2, -0.15) is 0 Å². The number of rotatable bonds is 3. The molecule has 0 bridgehead atoms. The van der Waals surface area contributed by atoms with E-state index in [0.29, 0.717) is 18.4 Å². The summed E-state index contributed by atoms with van der Waals surface area (Å²) in [6, 6.07) is 6.53. The van der Waals surface area contributed by atoms with E-state index in [4.69, 9.17) is 15.2 Å². The third-order valence-corrected chi connectivity index (χ3v) is 4.62. The van der Waals surface area contributed by atoms with Crippen molar-refractivity contribution in [3.8, 4) is 5.75 Å². The lowest BCUT2D eigenvalue weighted by Gasteiger charge is -2.36. The van der Waals surface area contributed by atoms with Crippen LogP contribution in [0, 0.1) is 5.92 Å². The highest BCUT2D eigenvalue weighted by atomic mass is 16.5. The molecule has 1 aromatic rings. The van der Waals surface area contributed by atoms with Gasteiger partial charge in [0.2, 0.25) is 0 Å². The third kappa shape index (κ3) is 3.23. The van der Waals surface area contributed by atoms with Gasteiger partial charge in [0.15, 0.2) is 0 Å². The second-order valence-electron chi connectivity index (χ2n) is 6.46. The predicted molar refractivity (Wildman–Crippen MR) is 83.7 cm³/mol. The second-order valence-corrected chi connectivity index (χ2v) is 6.46. The molecule has 2 aliphatic heterocycles. The summed E-state index contributed by atoms with van der Waals surface area (Å²) in [7, 11) is 0. The highest BCUT2D eigenvalue weighted by Gasteiger charge is 2.30. The number of ether oxygens (including phenoxy) is 2. The number of fused-ring (bicyclic) bond motifs is 1. The number of morpholine rings is 1. The molecule has 21 heavy (non-hydrogen) atoms. The smallest absolute Gasteiger partial charge is 0.124 e. The van der Waals surface area contributed by atoms with E-state index < -0.39 is 0 Å². The SMILES string of the molecule is CC(C)c1ccc2c(c1)C(N)C(CN1CCOCC1)CO2. The molecule has 2 aliphatic rings. The zero-order chi connectivity index (χ0) is 14.8. The van der Waals surface area contributed by atoms with Crippen LogP contribution in [0.4, 0.5) is 0 Å². The van der Waals surface area contributed by atoms with E-state index in [1.54, 1.807) is 0 Å². The zero-order valence-corrected chi connectivity index (χ0v) is 13.0. The molecular formula is C17H26N2O2. The first-order chi connectivity index (χ1) is 10.1. The Morgan fingerprint density at radius 1 is 1.29 bits per heavy atom. The van der Waals surface area contributed by atoms with Gasteiger partial charge in [-0.05, 0) is 17.5 Å². The lowest BCUT2D eigenvalue weighted by Crippen LogP contribution is -2.44. The number of nitrogens with zero attached hydrogens (tertiary/aromatic N) is 1. The van der Waals surface area contributed by atoms with Crippen molar-refractivity contribution in [1.29, 1.82) is 0 Å². The van der Waals surface area contributed by atoms with Crippen molar-refractivity contribution < 1.29 is 9.47 Å². The maximum absolute atomic E-state index is 6.54. The summed E-state index contributed by atoms with van der Waals surface area (Å²) in [6.07, 6.45) is 0. The Morgan fingerprint density at radius 2 is 2.05 bits per heavy atom. The van der Waals surface area contributed by atoms with Gasteiger partial charge in [-0.15, -0.1) is 0 Å². The monoisotopic (exact) mass is 290 g/mol. The van der Waals surface area contributed by atoms with Gasteiger partial charge in [-0.3, -0.25) is 4.90 Å². The normalized spacial score (nSPS) is 26.5. The Morgan fingerprint density at radius 3 is 2.76 bits per heavy atom. The minimum atomic E-state index is 0.0651. The molecule has 116 valence electrons. The summed E-state index contributed by atoms with van der Waals surface area (Å²) in [5.41, 5.74) is 9.04. The molecule has 4 nitrogen and oxygen atoms in total. The molecule has 4 heteroatoms. The molecule has 2 N–H and O–H groups in total. The van der Waals surface area contributed by atoms with Gasteiger partial charge >= 0.3 is 0 Å². The van der Waals surface area contributed by atoms with E-state index in [1.807, 2.05) is 0 Å². The van der Waals surface area contributed by atoms with E-state index in [1.165, 1.54) is 11.1 Å². The number of nitrogens with two attached hydrogens (primary N) is 1. The third-order valence-electron chi connectivity index (χ3n) is 4.62. The van der Waals surface area contributed by atoms with Crippen molar-refractivity contribution in [2.75, 3.05) is 39.5 Å². The van der Waals surface area contributed by atoms with Crippen molar-refractivity contribution in [1.82, 2.24) is 4.90 Å². The van der Waals surface area contributed by atoms with Gasteiger partial charge in [-0.1, -0.05) is 26.0 Å². The summed E-state index contributed by atoms with van der Waals surface area (Å²) in [5, 5.41) is 0. The van der Waals surface area contributed by atoms with Crippen LogP contribution < -0.4 is 10.5 Å².